The van der Waals surface area contributed by atoms with E-state index in [0.717, 1.165) is 17.7 Å². The van der Waals surface area contributed by atoms with Crippen molar-refractivity contribution in [3.63, 3.8) is 0 Å². The van der Waals surface area contributed by atoms with Crippen LogP contribution >= 0.6 is 0 Å². The van der Waals surface area contributed by atoms with Crippen molar-refractivity contribution in [3.05, 3.63) is 59.5 Å². The Morgan fingerprint density at radius 2 is 1.88 bits per heavy atom. The topological polar surface area (TPSA) is 30.2 Å². The first kappa shape index (κ1) is 10.7. The Balaban J connectivity index is 2.09. The van der Waals surface area contributed by atoms with Gasteiger partial charge in [-0.25, -0.2) is 0 Å². The third-order valence-electron chi connectivity index (χ3n) is 2.49. The van der Waals surface area contributed by atoms with Gasteiger partial charge < -0.3 is 4.42 Å². The van der Waals surface area contributed by atoms with Crippen LogP contribution in [0.15, 0.2) is 46.9 Å². The van der Waals surface area contributed by atoms with E-state index in [1.165, 1.54) is 0 Å². The maximum atomic E-state index is 11.8. The molecule has 82 valence electrons. The van der Waals surface area contributed by atoms with Crippen molar-refractivity contribution >= 4 is 5.78 Å². The summed E-state index contributed by atoms with van der Waals surface area (Å²) in [4.78, 5) is 11.8. The van der Waals surface area contributed by atoms with E-state index in [2.05, 4.69) is 0 Å². The van der Waals surface area contributed by atoms with E-state index in [0.29, 0.717) is 12.2 Å². The van der Waals surface area contributed by atoms with Crippen LogP contribution in [-0.2, 0) is 12.8 Å². The Morgan fingerprint density at radius 1 is 1.12 bits per heavy atom. The fourth-order valence-electron chi connectivity index (χ4n) is 1.59. The molecule has 16 heavy (non-hydrogen) atoms. The van der Waals surface area contributed by atoms with Crippen LogP contribution in [0.25, 0.3) is 0 Å². The first-order valence-corrected chi connectivity index (χ1v) is 5.45. The molecule has 0 bridgehead atoms. The highest BCUT2D eigenvalue weighted by molar-refractivity contribution is 5.95. The summed E-state index contributed by atoms with van der Waals surface area (Å²) < 4.78 is 5.42. The molecule has 1 heterocycles. The van der Waals surface area contributed by atoms with Crippen LogP contribution in [0.4, 0.5) is 0 Å². The van der Waals surface area contributed by atoms with Gasteiger partial charge in [-0.2, -0.15) is 0 Å². The number of Topliss-reactive ketones (excluding diaryl/α,β-unsaturated/α-hetero) is 1. The molecule has 0 saturated heterocycles. The monoisotopic (exact) mass is 214 g/mol. The number of hydrogen-bond acceptors (Lipinski definition) is 2. The molecule has 0 aliphatic rings. The first-order valence-electron chi connectivity index (χ1n) is 5.45. The van der Waals surface area contributed by atoms with Crippen molar-refractivity contribution in [1.29, 1.82) is 0 Å². The second-order valence-corrected chi connectivity index (χ2v) is 3.71. The van der Waals surface area contributed by atoms with E-state index in [1.807, 2.05) is 43.3 Å². The SMILES string of the molecule is CCc1ccc(C(=O)Cc2ccccc2)o1. The Morgan fingerprint density at radius 3 is 2.50 bits per heavy atom. The summed E-state index contributed by atoms with van der Waals surface area (Å²) in [6.45, 7) is 2.00. The normalized spacial score (nSPS) is 10.3. The highest BCUT2D eigenvalue weighted by Crippen LogP contribution is 2.12. The molecule has 0 unspecified atom stereocenters. The Hall–Kier alpha value is -1.83. The van der Waals surface area contributed by atoms with E-state index >= 15 is 0 Å². The lowest BCUT2D eigenvalue weighted by atomic mass is 10.1. The van der Waals surface area contributed by atoms with Crippen LogP contribution in [0.1, 0.15) is 28.8 Å². The molecule has 2 nitrogen and oxygen atoms in total. The van der Waals surface area contributed by atoms with Crippen LogP contribution in [0.5, 0.6) is 0 Å². The van der Waals surface area contributed by atoms with Gasteiger partial charge in [-0.05, 0) is 17.7 Å². The van der Waals surface area contributed by atoms with Crippen molar-refractivity contribution < 1.29 is 9.21 Å². The molecule has 0 amide bonds. The lowest BCUT2D eigenvalue weighted by molar-refractivity contribution is 0.0965. The minimum absolute atomic E-state index is 0.0332. The highest BCUT2D eigenvalue weighted by Gasteiger charge is 2.10. The van der Waals surface area contributed by atoms with Crippen molar-refractivity contribution in [1.82, 2.24) is 0 Å². The molecule has 2 aromatic rings. The van der Waals surface area contributed by atoms with Gasteiger partial charge in [0.15, 0.2) is 5.76 Å². The zero-order valence-electron chi connectivity index (χ0n) is 9.27. The zero-order valence-corrected chi connectivity index (χ0v) is 9.27. The van der Waals surface area contributed by atoms with Crippen LogP contribution in [0.3, 0.4) is 0 Å². The maximum absolute atomic E-state index is 11.8. The number of carbonyl (C=O) groups is 1. The summed E-state index contributed by atoms with van der Waals surface area (Å²) in [6, 6.07) is 13.3. The minimum Gasteiger partial charge on any atom is -0.458 e. The number of benzene rings is 1. The van der Waals surface area contributed by atoms with Crippen molar-refractivity contribution in [3.8, 4) is 0 Å². The third-order valence-corrected chi connectivity index (χ3v) is 2.49. The molecular weight excluding hydrogens is 200 g/mol. The van der Waals surface area contributed by atoms with Crippen LogP contribution < -0.4 is 0 Å². The molecule has 0 N–H and O–H groups in total. The van der Waals surface area contributed by atoms with Gasteiger partial charge in [0.2, 0.25) is 5.78 Å². The average molecular weight is 214 g/mol. The number of furan rings is 1. The van der Waals surface area contributed by atoms with Crippen LogP contribution in [-0.4, -0.2) is 5.78 Å². The Bertz CT molecular complexity index is 468. The molecule has 0 atom stereocenters. The van der Waals surface area contributed by atoms with E-state index in [-0.39, 0.29) is 5.78 Å². The van der Waals surface area contributed by atoms with Crippen LogP contribution in [0.2, 0.25) is 0 Å². The molecule has 0 aliphatic heterocycles. The molecule has 1 aromatic carbocycles. The third kappa shape index (κ3) is 2.40. The molecule has 0 aliphatic carbocycles. The van der Waals surface area contributed by atoms with Crippen molar-refractivity contribution in [2.75, 3.05) is 0 Å². The fraction of sp³-hybridized carbons (Fsp3) is 0.214. The van der Waals surface area contributed by atoms with Gasteiger partial charge in [-0.1, -0.05) is 37.3 Å². The summed E-state index contributed by atoms with van der Waals surface area (Å²) >= 11 is 0. The van der Waals surface area contributed by atoms with Gasteiger partial charge in [0.25, 0.3) is 0 Å². The van der Waals surface area contributed by atoms with E-state index in [4.69, 9.17) is 4.42 Å². The number of hydrogen-bond donors (Lipinski definition) is 0. The molecule has 0 spiro atoms. The lowest BCUT2D eigenvalue weighted by Gasteiger charge is -1.98. The molecular formula is C14H14O2. The molecule has 1 aromatic heterocycles. The second-order valence-electron chi connectivity index (χ2n) is 3.71. The van der Waals surface area contributed by atoms with Crippen molar-refractivity contribution in [2.24, 2.45) is 0 Å². The predicted molar refractivity (Wildman–Crippen MR) is 62.6 cm³/mol. The second kappa shape index (κ2) is 4.79. The summed E-state index contributed by atoms with van der Waals surface area (Å²) in [6.07, 6.45) is 1.22. The summed E-state index contributed by atoms with van der Waals surface area (Å²) in [5.41, 5.74) is 1.02. The molecule has 2 rings (SSSR count). The minimum atomic E-state index is 0.0332. The lowest BCUT2D eigenvalue weighted by Crippen LogP contribution is -2.01. The van der Waals surface area contributed by atoms with E-state index in [9.17, 15) is 4.79 Å². The number of ketones is 1. The predicted octanol–water partition coefficient (Wildman–Crippen LogP) is 3.27. The van der Waals surface area contributed by atoms with E-state index in [1.54, 1.807) is 6.07 Å². The summed E-state index contributed by atoms with van der Waals surface area (Å²) in [5, 5.41) is 0. The van der Waals surface area contributed by atoms with Gasteiger partial charge in [-0.15, -0.1) is 0 Å². The quantitative estimate of drug-likeness (QED) is 0.731. The molecule has 2 heteroatoms. The smallest absolute Gasteiger partial charge is 0.202 e. The molecule has 0 saturated carbocycles. The highest BCUT2D eigenvalue weighted by atomic mass is 16.3. The average Bonchev–Trinajstić information content (AvgIpc) is 2.79. The largest absolute Gasteiger partial charge is 0.458 e. The van der Waals surface area contributed by atoms with Gasteiger partial charge in [0.05, 0.1) is 0 Å². The molecule has 0 fully saturated rings. The van der Waals surface area contributed by atoms with Gasteiger partial charge in [-0.3, -0.25) is 4.79 Å². The zero-order chi connectivity index (χ0) is 11.4. The van der Waals surface area contributed by atoms with Crippen LogP contribution in [0, 0.1) is 0 Å². The first-order chi connectivity index (χ1) is 7.79. The number of carbonyl (C=O) groups excluding carboxylic acids is 1. The summed E-state index contributed by atoms with van der Waals surface area (Å²) in [7, 11) is 0. The maximum Gasteiger partial charge on any atom is 0.202 e. The van der Waals surface area contributed by atoms with Crippen molar-refractivity contribution in [2.45, 2.75) is 19.8 Å². The number of rotatable bonds is 4. The van der Waals surface area contributed by atoms with Gasteiger partial charge in [0, 0.05) is 12.8 Å². The Kier molecular flexibility index (Phi) is 3.20. The number of aryl methyl sites for hydroxylation is 1. The van der Waals surface area contributed by atoms with Gasteiger partial charge >= 0.3 is 0 Å². The van der Waals surface area contributed by atoms with E-state index < -0.39 is 0 Å². The van der Waals surface area contributed by atoms with Gasteiger partial charge in [0.1, 0.15) is 5.76 Å². The standard InChI is InChI=1S/C14H14O2/c1-2-12-8-9-14(16-12)13(15)10-11-6-4-3-5-7-11/h3-9H,2,10H2,1H3. The fourth-order valence-corrected chi connectivity index (χ4v) is 1.59. The molecule has 0 radical (unpaired) electrons. The summed E-state index contributed by atoms with van der Waals surface area (Å²) in [5.74, 6) is 1.35. The Labute approximate surface area is 94.9 Å².